The van der Waals surface area contributed by atoms with Gasteiger partial charge >= 0.3 is 0 Å². The number of nitrogens with zero attached hydrogens (tertiary/aromatic N) is 6. The lowest BCUT2D eigenvalue weighted by molar-refractivity contribution is 0.174. The standard InChI is InChI=1S/C19H19ClN6O2/c1-27-12-17-23-18(28-24-17)11-25-4-6-26(7-5-25)19-13(9-21)10-22-16-3-2-14(20)8-15(16)19/h2-3,8,10H,4-7,11-12H2,1H3. The SMILES string of the molecule is COCc1noc(CN2CCN(c3c(C#N)cnc4ccc(Cl)cc34)CC2)n1. The van der Waals surface area contributed by atoms with Gasteiger partial charge in [-0.15, -0.1) is 0 Å². The van der Waals surface area contributed by atoms with E-state index in [-0.39, 0.29) is 0 Å². The number of hydrogen-bond acceptors (Lipinski definition) is 8. The van der Waals surface area contributed by atoms with Crippen molar-refractivity contribution in [2.45, 2.75) is 13.2 Å². The van der Waals surface area contributed by atoms with Crippen molar-refractivity contribution in [3.8, 4) is 6.07 Å². The maximum atomic E-state index is 9.57. The minimum Gasteiger partial charge on any atom is -0.377 e. The van der Waals surface area contributed by atoms with Gasteiger partial charge < -0.3 is 14.2 Å². The summed E-state index contributed by atoms with van der Waals surface area (Å²) in [6, 6.07) is 7.83. The first-order valence-corrected chi connectivity index (χ1v) is 9.32. The third kappa shape index (κ3) is 3.78. The van der Waals surface area contributed by atoms with Crippen molar-refractivity contribution >= 4 is 28.2 Å². The summed E-state index contributed by atoms with van der Waals surface area (Å²) in [6.07, 6.45) is 1.63. The molecule has 1 aliphatic rings. The third-order valence-corrected chi connectivity index (χ3v) is 4.99. The van der Waals surface area contributed by atoms with Crippen molar-refractivity contribution < 1.29 is 9.26 Å². The van der Waals surface area contributed by atoms with E-state index in [1.165, 1.54) is 0 Å². The van der Waals surface area contributed by atoms with Gasteiger partial charge in [0.2, 0.25) is 5.89 Å². The van der Waals surface area contributed by atoms with Crippen LogP contribution in [-0.2, 0) is 17.9 Å². The molecule has 0 radical (unpaired) electrons. The van der Waals surface area contributed by atoms with Gasteiger partial charge in [-0.25, -0.2) is 0 Å². The fraction of sp³-hybridized carbons (Fsp3) is 0.368. The van der Waals surface area contributed by atoms with Crippen molar-refractivity contribution in [1.82, 2.24) is 20.0 Å². The number of aromatic nitrogens is 3. The Morgan fingerprint density at radius 2 is 2.11 bits per heavy atom. The molecule has 0 amide bonds. The topological polar surface area (TPSA) is 91.3 Å². The predicted molar refractivity (Wildman–Crippen MR) is 104 cm³/mol. The van der Waals surface area contributed by atoms with Gasteiger partial charge in [-0.05, 0) is 18.2 Å². The molecule has 28 heavy (non-hydrogen) atoms. The molecular formula is C19H19ClN6O2. The molecule has 0 saturated carbocycles. The van der Waals surface area contributed by atoms with Crippen LogP contribution >= 0.6 is 11.6 Å². The van der Waals surface area contributed by atoms with Crippen LogP contribution in [0.5, 0.6) is 0 Å². The average Bonchev–Trinajstić information content (AvgIpc) is 3.15. The van der Waals surface area contributed by atoms with Gasteiger partial charge in [0, 0.05) is 49.9 Å². The number of ether oxygens (including phenoxy) is 1. The van der Waals surface area contributed by atoms with Gasteiger partial charge in [0.05, 0.1) is 23.3 Å². The number of nitriles is 1. The van der Waals surface area contributed by atoms with Crippen LogP contribution in [0.3, 0.4) is 0 Å². The van der Waals surface area contributed by atoms with Gasteiger partial charge in [0.1, 0.15) is 12.7 Å². The number of pyridine rings is 1. The Bertz CT molecular complexity index is 1020. The highest BCUT2D eigenvalue weighted by molar-refractivity contribution is 6.31. The van der Waals surface area contributed by atoms with Crippen LogP contribution in [0.1, 0.15) is 17.3 Å². The number of hydrogen-bond donors (Lipinski definition) is 0. The molecule has 144 valence electrons. The molecule has 0 atom stereocenters. The number of rotatable bonds is 5. The summed E-state index contributed by atoms with van der Waals surface area (Å²) in [7, 11) is 1.60. The highest BCUT2D eigenvalue weighted by Gasteiger charge is 2.23. The quantitative estimate of drug-likeness (QED) is 0.647. The Morgan fingerprint density at radius 1 is 1.29 bits per heavy atom. The van der Waals surface area contributed by atoms with Crippen molar-refractivity contribution in [3.63, 3.8) is 0 Å². The average molecular weight is 399 g/mol. The second-order valence-electron chi connectivity index (χ2n) is 6.59. The molecule has 4 rings (SSSR count). The normalized spacial score (nSPS) is 15.1. The van der Waals surface area contributed by atoms with Crippen molar-refractivity contribution in [2.24, 2.45) is 0 Å². The van der Waals surface area contributed by atoms with Crippen LogP contribution in [0.15, 0.2) is 28.9 Å². The van der Waals surface area contributed by atoms with Gasteiger partial charge in [-0.1, -0.05) is 16.8 Å². The molecule has 9 heteroatoms. The maximum Gasteiger partial charge on any atom is 0.240 e. The maximum absolute atomic E-state index is 9.57. The molecular weight excluding hydrogens is 380 g/mol. The van der Waals surface area contributed by atoms with Crippen molar-refractivity contribution in [2.75, 3.05) is 38.2 Å². The molecule has 3 heterocycles. The van der Waals surface area contributed by atoms with Crippen LogP contribution in [0, 0.1) is 11.3 Å². The molecule has 0 aliphatic carbocycles. The highest BCUT2D eigenvalue weighted by atomic mass is 35.5. The van der Waals surface area contributed by atoms with Gasteiger partial charge in [-0.2, -0.15) is 10.2 Å². The third-order valence-electron chi connectivity index (χ3n) is 4.75. The zero-order valence-electron chi connectivity index (χ0n) is 15.4. The van der Waals surface area contributed by atoms with Crippen LogP contribution < -0.4 is 4.90 Å². The lowest BCUT2D eigenvalue weighted by Gasteiger charge is -2.36. The molecule has 1 aliphatic heterocycles. The molecule has 0 spiro atoms. The number of fused-ring (bicyclic) bond motifs is 1. The number of halogens is 1. The first-order chi connectivity index (χ1) is 13.7. The van der Waals surface area contributed by atoms with Gasteiger partial charge in [0.15, 0.2) is 5.82 Å². The predicted octanol–water partition coefficient (Wildman–Crippen LogP) is 2.61. The summed E-state index contributed by atoms with van der Waals surface area (Å²) < 4.78 is 10.3. The number of piperazine rings is 1. The van der Waals surface area contributed by atoms with Crippen LogP contribution in [0.4, 0.5) is 5.69 Å². The summed E-state index contributed by atoms with van der Waals surface area (Å²) >= 11 is 6.19. The van der Waals surface area contributed by atoms with E-state index in [0.717, 1.165) is 42.8 Å². The summed E-state index contributed by atoms with van der Waals surface area (Å²) in [6.45, 7) is 4.12. The molecule has 0 unspecified atom stereocenters. The molecule has 2 aromatic heterocycles. The number of benzene rings is 1. The van der Waals surface area contributed by atoms with E-state index in [9.17, 15) is 5.26 Å². The van der Waals surface area contributed by atoms with Gasteiger partial charge in [0.25, 0.3) is 0 Å². The molecule has 3 aromatic rings. The minimum absolute atomic E-state index is 0.339. The largest absolute Gasteiger partial charge is 0.377 e. The Kier molecular flexibility index (Phi) is 5.39. The Morgan fingerprint density at radius 3 is 2.86 bits per heavy atom. The van der Waals surface area contributed by atoms with Crippen LogP contribution in [0.25, 0.3) is 10.9 Å². The summed E-state index contributed by atoms with van der Waals surface area (Å²) in [4.78, 5) is 13.2. The Balaban J connectivity index is 1.50. The number of methoxy groups -OCH3 is 1. The van der Waals surface area contributed by atoms with Crippen LogP contribution in [0.2, 0.25) is 5.02 Å². The highest BCUT2D eigenvalue weighted by Crippen LogP contribution is 2.32. The van der Waals surface area contributed by atoms with Crippen molar-refractivity contribution in [1.29, 1.82) is 5.26 Å². The van der Waals surface area contributed by atoms with E-state index >= 15 is 0 Å². The molecule has 1 aromatic carbocycles. The summed E-state index contributed by atoms with van der Waals surface area (Å²) in [5.74, 6) is 1.13. The molecule has 0 bridgehead atoms. The first kappa shape index (κ1) is 18.6. The fourth-order valence-corrected chi connectivity index (χ4v) is 3.61. The Labute approximate surface area is 167 Å². The van der Waals surface area contributed by atoms with E-state index in [2.05, 4.69) is 31.0 Å². The first-order valence-electron chi connectivity index (χ1n) is 8.94. The molecule has 1 fully saturated rings. The second kappa shape index (κ2) is 8.10. The van der Waals surface area contributed by atoms with E-state index in [1.54, 1.807) is 13.3 Å². The molecule has 0 N–H and O–H groups in total. The number of anilines is 1. The fourth-order valence-electron chi connectivity index (χ4n) is 3.44. The monoisotopic (exact) mass is 398 g/mol. The summed E-state index contributed by atoms with van der Waals surface area (Å²) in [5, 5.41) is 15.0. The second-order valence-corrected chi connectivity index (χ2v) is 7.03. The zero-order valence-corrected chi connectivity index (χ0v) is 16.2. The minimum atomic E-state index is 0.339. The zero-order chi connectivity index (χ0) is 19.5. The smallest absolute Gasteiger partial charge is 0.240 e. The van der Waals surface area contributed by atoms with Crippen LogP contribution in [-0.4, -0.2) is 53.3 Å². The van der Waals surface area contributed by atoms with E-state index in [4.69, 9.17) is 20.9 Å². The van der Waals surface area contributed by atoms with E-state index in [1.807, 2.05) is 18.2 Å². The van der Waals surface area contributed by atoms with E-state index in [0.29, 0.717) is 35.5 Å². The molecule has 1 saturated heterocycles. The van der Waals surface area contributed by atoms with Gasteiger partial charge in [-0.3, -0.25) is 9.88 Å². The van der Waals surface area contributed by atoms with E-state index < -0.39 is 0 Å². The summed E-state index contributed by atoms with van der Waals surface area (Å²) in [5.41, 5.74) is 2.29. The Hall–Kier alpha value is -2.73. The lowest BCUT2D eigenvalue weighted by Crippen LogP contribution is -2.46. The molecule has 8 nitrogen and oxygen atoms in total. The lowest BCUT2D eigenvalue weighted by atomic mass is 10.1. The van der Waals surface area contributed by atoms with Crippen molar-refractivity contribution in [3.05, 3.63) is 46.7 Å².